The molecule has 0 saturated carbocycles. The zero-order valence-electron chi connectivity index (χ0n) is 15.0. The van der Waals surface area contributed by atoms with Gasteiger partial charge in [-0.2, -0.15) is 0 Å². The van der Waals surface area contributed by atoms with Gasteiger partial charge in [0.15, 0.2) is 6.10 Å². The Morgan fingerprint density at radius 1 is 0.957 bits per heavy atom. The van der Waals surface area contributed by atoms with Crippen molar-refractivity contribution in [1.82, 2.24) is 0 Å². The number of rotatable bonds is 16. The van der Waals surface area contributed by atoms with Gasteiger partial charge in [-0.1, -0.05) is 74.0 Å². The standard InChI is InChI=1S/C19H35BrO3/c1-3-5-7-9-12-16-22-18(14-6-4-2)19(21)23-17-13-10-8-11-15-20/h7,9,18H,3-6,8,10-17H2,1-2H3/b9-7-. The van der Waals surface area contributed by atoms with Crippen LogP contribution in [0.25, 0.3) is 0 Å². The van der Waals surface area contributed by atoms with Gasteiger partial charge in [-0.15, -0.1) is 0 Å². The van der Waals surface area contributed by atoms with E-state index in [9.17, 15) is 4.79 Å². The van der Waals surface area contributed by atoms with E-state index < -0.39 is 6.10 Å². The number of esters is 1. The minimum atomic E-state index is -0.392. The van der Waals surface area contributed by atoms with Crippen molar-refractivity contribution in [3.8, 4) is 0 Å². The quantitative estimate of drug-likeness (QED) is 0.144. The number of hydrogen-bond donors (Lipinski definition) is 0. The second-order valence-electron chi connectivity index (χ2n) is 5.82. The number of carbonyl (C=O) groups is 1. The molecule has 0 aliphatic rings. The highest BCUT2D eigenvalue weighted by molar-refractivity contribution is 9.09. The fourth-order valence-electron chi connectivity index (χ4n) is 2.16. The molecule has 0 N–H and O–H groups in total. The number of unbranched alkanes of at least 4 members (excludes halogenated alkanes) is 5. The van der Waals surface area contributed by atoms with Gasteiger partial charge in [0.05, 0.1) is 13.2 Å². The van der Waals surface area contributed by atoms with Gasteiger partial charge < -0.3 is 9.47 Å². The first-order valence-corrected chi connectivity index (χ1v) is 10.4. The Morgan fingerprint density at radius 3 is 2.39 bits per heavy atom. The lowest BCUT2D eigenvalue weighted by Gasteiger charge is -2.16. The third-order valence-electron chi connectivity index (χ3n) is 3.58. The van der Waals surface area contributed by atoms with Gasteiger partial charge in [-0.25, -0.2) is 4.79 Å². The SMILES string of the molecule is CCC/C=C\CCOC(CCCC)C(=O)OCCCCCCBr. The third-order valence-corrected chi connectivity index (χ3v) is 4.14. The molecule has 0 aliphatic carbocycles. The van der Waals surface area contributed by atoms with Crippen molar-refractivity contribution in [3.63, 3.8) is 0 Å². The Morgan fingerprint density at radius 2 is 1.70 bits per heavy atom. The van der Waals surface area contributed by atoms with E-state index in [0.717, 1.165) is 50.3 Å². The first-order chi connectivity index (χ1) is 11.3. The van der Waals surface area contributed by atoms with E-state index in [0.29, 0.717) is 13.2 Å². The van der Waals surface area contributed by atoms with Gasteiger partial charge >= 0.3 is 5.97 Å². The Labute approximate surface area is 151 Å². The summed E-state index contributed by atoms with van der Waals surface area (Å²) in [6.45, 7) is 5.40. The van der Waals surface area contributed by atoms with Crippen LogP contribution in [0.1, 0.15) is 78.1 Å². The summed E-state index contributed by atoms with van der Waals surface area (Å²) in [5.41, 5.74) is 0. The molecule has 0 aromatic carbocycles. The lowest BCUT2D eigenvalue weighted by molar-refractivity contribution is -0.157. The summed E-state index contributed by atoms with van der Waals surface area (Å²) in [6, 6.07) is 0. The van der Waals surface area contributed by atoms with Crippen molar-refractivity contribution in [3.05, 3.63) is 12.2 Å². The summed E-state index contributed by atoms with van der Waals surface area (Å²) in [4.78, 5) is 12.1. The predicted molar refractivity (Wildman–Crippen MR) is 101 cm³/mol. The fraction of sp³-hybridized carbons (Fsp3) is 0.842. The van der Waals surface area contributed by atoms with Crippen LogP contribution in [0.2, 0.25) is 0 Å². The van der Waals surface area contributed by atoms with Crippen molar-refractivity contribution < 1.29 is 14.3 Å². The summed E-state index contributed by atoms with van der Waals surface area (Å²) in [5.74, 6) is -0.184. The second kappa shape index (κ2) is 18.0. The maximum Gasteiger partial charge on any atom is 0.335 e. The van der Waals surface area contributed by atoms with E-state index >= 15 is 0 Å². The minimum absolute atomic E-state index is 0.184. The average molecular weight is 391 g/mol. The molecule has 136 valence electrons. The van der Waals surface area contributed by atoms with Crippen LogP contribution >= 0.6 is 15.9 Å². The number of halogens is 1. The van der Waals surface area contributed by atoms with E-state index in [1.54, 1.807) is 0 Å². The average Bonchev–Trinajstić information content (AvgIpc) is 2.56. The first kappa shape index (κ1) is 22.6. The van der Waals surface area contributed by atoms with Gasteiger partial charge in [-0.05, 0) is 32.1 Å². The molecule has 0 radical (unpaired) electrons. The van der Waals surface area contributed by atoms with Gasteiger partial charge in [0, 0.05) is 5.33 Å². The lowest BCUT2D eigenvalue weighted by Crippen LogP contribution is -2.27. The van der Waals surface area contributed by atoms with Crippen LogP contribution in [0.5, 0.6) is 0 Å². The monoisotopic (exact) mass is 390 g/mol. The highest BCUT2D eigenvalue weighted by Gasteiger charge is 2.19. The zero-order valence-corrected chi connectivity index (χ0v) is 16.6. The van der Waals surface area contributed by atoms with Crippen LogP contribution < -0.4 is 0 Å². The van der Waals surface area contributed by atoms with Crippen molar-refractivity contribution in [2.75, 3.05) is 18.5 Å². The Kier molecular flexibility index (Phi) is 17.7. The summed E-state index contributed by atoms with van der Waals surface area (Å²) in [7, 11) is 0. The van der Waals surface area contributed by atoms with Crippen LogP contribution in [-0.4, -0.2) is 30.6 Å². The van der Waals surface area contributed by atoms with Gasteiger partial charge in [-0.3, -0.25) is 0 Å². The maximum absolute atomic E-state index is 12.1. The Hall–Kier alpha value is -0.350. The van der Waals surface area contributed by atoms with Crippen LogP contribution in [-0.2, 0) is 14.3 Å². The van der Waals surface area contributed by atoms with Crippen molar-refractivity contribution >= 4 is 21.9 Å². The molecule has 1 unspecified atom stereocenters. The third kappa shape index (κ3) is 14.9. The molecule has 0 fully saturated rings. The van der Waals surface area contributed by atoms with Crippen molar-refractivity contribution in [1.29, 1.82) is 0 Å². The van der Waals surface area contributed by atoms with E-state index in [1.807, 2.05) is 0 Å². The van der Waals surface area contributed by atoms with Crippen LogP contribution in [0, 0.1) is 0 Å². The molecule has 0 saturated heterocycles. The molecular weight excluding hydrogens is 356 g/mol. The second-order valence-corrected chi connectivity index (χ2v) is 6.61. The molecule has 1 atom stereocenters. The van der Waals surface area contributed by atoms with Crippen LogP contribution in [0.4, 0.5) is 0 Å². The van der Waals surface area contributed by atoms with Crippen LogP contribution in [0.15, 0.2) is 12.2 Å². The van der Waals surface area contributed by atoms with Gasteiger partial charge in [0.2, 0.25) is 0 Å². The molecule has 0 aliphatic heterocycles. The molecule has 4 heteroatoms. The molecule has 0 rings (SSSR count). The van der Waals surface area contributed by atoms with Crippen LogP contribution in [0.3, 0.4) is 0 Å². The zero-order chi connectivity index (χ0) is 17.2. The first-order valence-electron chi connectivity index (χ1n) is 9.25. The fourth-order valence-corrected chi connectivity index (χ4v) is 2.55. The number of hydrogen-bond acceptors (Lipinski definition) is 3. The molecule has 3 nitrogen and oxygen atoms in total. The summed E-state index contributed by atoms with van der Waals surface area (Å²) in [6.07, 6.45) is 14.3. The van der Waals surface area contributed by atoms with Crippen molar-refractivity contribution in [2.45, 2.75) is 84.2 Å². The highest BCUT2D eigenvalue weighted by atomic mass is 79.9. The van der Waals surface area contributed by atoms with E-state index in [1.165, 1.54) is 19.3 Å². The highest BCUT2D eigenvalue weighted by Crippen LogP contribution is 2.09. The Balaban J connectivity index is 3.92. The van der Waals surface area contributed by atoms with E-state index in [-0.39, 0.29) is 5.97 Å². The Bertz CT molecular complexity index is 292. The van der Waals surface area contributed by atoms with E-state index in [2.05, 4.69) is 41.9 Å². The minimum Gasteiger partial charge on any atom is -0.464 e. The van der Waals surface area contributed by atoms with Crippen molar-refractivity contribution in [2.24, 2.45) is 0 Å². The lowest BCUT2D eigenvalue weighted by atomic mass is 10.1. The normalized spacial score (nSPS) is 12.7. The topological polar surface area (TPSA) is 35.5 Å². The van der Waals surface area contributed by atoms with E-state index in [4.69, 9.17) is 9.47 Å². The van der Waals surface area contributed by atoms with Gasteiger partial charge in [0.1, 0.15) is 0 Å². The molecular formula is C19H35BrO3. The number of carbonyl (C=O) groups excluding carboxylic acids is 1. The largest absolute Gasteiger partial charge is 0.464 e. The summed E-state index contributed by atoms with van der Waals surface area (Å²) < 4.78 is 11.1. The molecule has 0 aromatic heterocycles. The number of allylic oxidation sites excluding steroid dienone is 1. The predicted octanol–water partition coefficient (Wildman–Crippen LogP) is 5.81. The number of alkyl halides is 1. The molecule has 0 aromatic rings. The maximum atomic E-state index is 12.1. The molecule has 0 heterocycles. The molecule has 0 bridgehead atoms. The van der Waals surface area contributed by atoms with Gasteiger partial charge in [0.25, 0.3) is 0 Å². The number of ether oxygens (including phenoxy) is 2. The smallest absolute Gasteiger partial charge is 0.335 e. The summed E-state index contributed by atoms with van der Waals surface area (Å²) >= 11 is 3.42. The summed E-state index contributed by atoms with van der Waals surface area (Å²) in [5, 5.41) is 1.05. The molecule has 0 spiro atoms. The molecule has 0 amide bonds. The molecule has 23 heavy (non-hydrogen) atoms.